The van der Waals surface area contributed by atoms with E-state index < -0.39 is 0 Å². The Labute approximate surface area is 222 Å². The van der Waals surface area contributed by atoms with Gasteiger partial charge in [-0.1, -0.05) is 61.2 Å². The predicted octanol–water partition coefficient (Wildman–Crippen LogP) is 3.98. The standard InChI is InChI=1S/C27H31N5O2S2/c1-4-11-32-26(34)23(36-27(32)35)16-21-19(3)22(17-28)25(33)31(5-2)24(21)30-14-12-29(13-15-30)18-20-9-7-6-8-10-20/h6-10,16H,4-5,11-15,18H2,1-3H3. The van der Waals surface area contributed by atoms with Crippen LogP contribution >= 0.6 is 24.0 Å². The molecule has 1 amide bonds. The average molecular weight is 522 g/mol. The van der Waals surface area contributed by atoms with Gasteiger partial charge < -0.3 is 4.90 Å². The highest BCUT2D eigenvalue weighted by Crippen LogP contribution is 2.36. The number of nitrogens with zero attached hydrogens (tertiary/aromatic N) is 5. The number of thiocarbonyl (C=S) groups is 1. The molecule has 36 heavy (non-hydrogen) atoms. The molecule has 2 aromatic rings. The van der Waals surface area contributed by atoms with E-state index in [1.165, 1.54) is 17.3 Å². The first-order valence-corrected chi connectivity index (χ1v) is 13.6. The van der Waals surface area contributed by atoms with Gasteiger partial charge in [0, 0.05) is 51.4 Å². The van der Waals surface area contributed by atoms with Crippen molar-refractivity contribution in [1.29, 1.82) is 5.26 Å². The normalized spacial score (nSPS) is 17.8. The van der Waals surface area contributed by atoms with E-state index in [4.69, 9.17) is 12.2 Å². The van der Waals surface area contributed by atoms with Gasteiger partial charge in [-0.2, -0.15) is 5.26 Å². The fraction of sp³-hybridized carbons (Fsp3) is 0.407. The molecule has 9 heteroatoms. The second-order valence-electron chi connectivity index (χ2n) is 8.98. The Hall–Kier alpha value is -2.93. The number of carbonyl (C=O) groups is 1. The Kier molecular flexibility index (Phi) is 8.29. The minimum atomic E-state index is -0.283. The molecule has 2 saturated heterocycles. The smallest absolute Gasteiger partial charge is 0.270 e. The number of hydrogen-bond donors (Lipinski definition) is 0. The largest absolute Gasteiger partial charge is 0.355 e. The summed E-state index contributed by atoms with van der Waals surface area (Å²) in [5.41, 5.74) is 2.48. The number of amides is 1. The Morgan fingerprint density at radius 2 is 1.81 bits per heavy atom. The van der Waals surface area contributed by atoms with Gasteiger partial charge in [0.2, 0.25) is 0 Å². The number of carbonyl (C=O) groups excluding carboxylic acids is 1. The summed E-state index contributed by atoms with van der Waals surface area (Å²) in [6.07, 6.45) is 2.65. The first-order chi connectivity index (χ1) is 17.4. The van der Waals surface area contributed by atoms with Crippen molar-refractivity contribution in [2.24, 2.45) is 0 Å². The van der Waals surface area contributed by atoms with Crippen molar-refractivity contribution >= 4 is 46.1 Å². The van der Waals surface area contributed by atoms with Crippen LogP contribution in [0.1, 0.15) is 42.5 Å². The van der Waals surface area contributed by atoms with Crippen LogP contribution in [-0.4, -0.2) is 57.3 Å². The molecule has 0 aliphatic carbocycles. The number of benzene rings is 1. The van der Waals surface area contributed by atoms with E-state index in [-0.39, 0.29) is 17.0 Å². The summed E-state index contributed by atoms with van der Waals surface area (Å²) in [5, 5.41) is 9.78. The zero-order valence-corrected chi connectivity index (χ0v) is 22.6. The Bertz CT molecular complexity index is 1290. The van der Waals surface area contributed by atoms with Crippen molar-refractivity contribution in [1.82, 2.24) is 14.4 Å². The number of anilines is 1. The van der Waals surface area contributed by atoms with E-state index in [1.54, 1.807) is 16.4 Å². The molecule has 2 aliphatic heterocycles. The van der Waals surface area contributed by atoms with E-state index >= 15 is 0 Å². The van der Waals surface area contributed by atoms with Crippen molar-refractivity contribution in [3.05, 3.63) is 67.8 Å². The van der Waals surface area contributed by atoms with Crippen molar-refractivity contribution in [3.8, 4) is 6.07 Å². The van der Waals surface area contributed by atoms with Gasteiger partial charge in [-0.3, -0.25) is 24.0 Å². The third-order valence-electron chi connectivity index (χ3n) is 6.68. The minimum absolute atomic E-state index is 0.113. The van der Waals surface area contributed by atoms with Crippen LogP contribution in [0, 0.1) is 18.3 Å². The molecule has 0 atom stereocenters. The molecule has 0 saturated carbocycles. The third kappa shape index (κ3) is 5.12. The van der Waals surface area contributed by atoms with Crippen molar-refractivity contribution in [2.75, 3.05) is 37.6 Å². The van der Waals surface area contributed by atoms with Crippen LogP contribution in [-0.2, 0) is 17.9 Å². The van der Waals surface area contributed by atoms with Gasteiger partial charge in [0.25, 0.3) is 11.5 Å². The van der Waals surface area contributed by atoms with Crippen LogP contribution in [0.15, 0.2) is 40.0 Å². The number of nitriles is 1. The first kappa shape index (κ1) is 26.1. The van der Waals surface area contributed by atoms with Crippen LogP contribution in [0.4, 0.5) is 5.82 Å². The number of aromatic nitrogens is 1. The maximum Gasteiger partial charge on any atom is 0.270 e. The molecule has 2 aliphatic rings. The quantitative estimate of drug-likeness (QED) is 0.403. The molecule has 0 unspecified atom stereocenters. The van der Waals surface area contributed by atoms with E-state index in [0.717, 1.165) is 50.5 Å². The Morgan fingerprint density at radius 3 is 2.42 bits per heavy atom. The van der Waals surface area contributed by atoms with Gasteiger partial charge in [0.05, 0.1) is 4.91 Å². The number of hydrogen-bond acceptors (Lipinski definition) is 7. The van der Waals surface area contributed by atoms with Crippen LogP contribution < -0.4 is 10.5 Å². The SMILES string of the molecule is CCCN1C(=O)C(=Cc2c(C)c(C#N)c(=O)n(CC)c2N2CCN(Cc3ccccc3)CC2)SC1=S. The molecule has 2 fully saturated rings. The number of thioether (sulfide) groups is 1. The first-order valence-electron chi connectivity index (χ1n) is 12.3. The maximum absolute atomic E-state index is 13.2. The lowest BCUT2D eigenvalue weighted by atomic mass is 10.0. The molecular weight excluding hydrogens is 490 g/mol. The molecule has 188 valence electrons. The minimum Gasteiger partial charge on any atom is -0.355 e. The maximum atomic E-state index is 13.2. The molecule has 0 N–H and O–H groups in total. The molecule has 1 aromatic heterocycles. The zero-order chi connectivity index (χ0) is 25.8. The lowest BCUT2D eigenvalue weighted by Crippen LogP contribution is -2.48. The summed E-state index contributed by atoms with van der Waals surface area (Å²) in [6, 6.07) is 12.5. The second kappa shape index (κ2) is 11.4. The zero-order valence-electron chi connectivity index (χ0n) is 21.0. The molecule has 0 bridgehead atoms. The number of pyridine rings is 1. The third-order valence-corrected chi connectivity index (χ3v) is 8.06. The lowest BCUT2D eigenvalue weighted by Gasteiger charge is -2.38. The van der Waals surface area contributed by atoms with Crippen molar-refractivity contribution < 1.29 is 4.79 Å². The number of piperazine rings is 1. The highest BCUT2D eigenvalue weighted by molar-refractivity contribution is 8.26. The van der Waals surface area contributed by atoms with Crippen LogP contribution in [0.3, 0.4) is 0 Å². The van der Waals surface area contributed by atoms with Gasteiger partial charge in [-0.15, -0.1) is 0 Å². The summed E-state index contributed by atoms with van der Waals surface area (Å²) in [5.74, 6) is 0.664. The average Bonchev–Trinajstić information content (AvgIpc) is 3.14. The fourth-order valence-electron chi connectivity index (χ4n) is 4.79. The monoisotopic (exact) mass is 521 g/mol. The lowest BCUT2D eigenvalue weighted by molar-refractivity contribution is -0.122. The highest BCUT2D eigenvalue weighted by Gasteiger charge is 2.33. The van der Waals surface area contributed by atoms with Gasteiger partial charge in [-0.25, -0.2) is 0 Å². The molecule has 3 heterocycles. The molecular formula is C27H31N5O2S2. The highest BCUT2D eigenvalue weighted by atomic mass is 32.2. The van der Waals surface area contributed by atoms with Crippen LogP contribution in [0.5, 0.6) is 0 Å². The second-order valence-corrected chi connectivity index (χ2v) is 10.7. The molecule has 1 aromatic carbocycles. The summed E-state index contributed by atoms with van der Waals surface area (Å²) >= 11 is 6.74. The van der Waals surface area contributed by atoms with E-state index in [2.05, 4.69) is 40.1 Å². The topological polar surface area (TPSA) is 72.6 Å². The van der Waals surface area contributed by atoms with E-state index in [9.17, 15) is 14.9 Å². The van der Waals surface area contributed by atoms with Gasteiger partial charge >= 0.3 is 0 Å². The van der Waals surface area contributed by atoms with E-state index in [1.807, 2.05) is 26.0 Å². The van der Waals surface area contributed by atoms with Gasteiger partial charge in [0.15, 0.2) is 0 Å². The fourth-order valence-corrected chi connectivity index (χ4v) is 6.08. The summed E-state index contributed by atoms with van der Waals surface area (Å²) < 4.78 is 2.22. The Morgan fingerprint density at radius 1 is 1.11 bits per heavy atom. The predicted molar refractivity (Wildman–Crippen MR) is 150 cm³/mol. The van der Waals surface area contributed by atoms with Gasteiger partial charge in [-0.05, 0) is 37.5 Å². The Balaban J connectivity index is 1.71. The molecule has 4 rings (SSSR count). The number of rotatable bonds is 7. The molecule has 0 spiro atoms. The van der Waals surface area contributed by atoms with Crippen molar-refractivity contribution in [3.63, 3.8) is 0 Å². The summed E-state index contributed by atoms with van der Waals surface area (Å²) in [4.78, 5) is 33.1. The van der Waals surface area contributed by atoms with E-state index in [0.29, 0.717) is 27.9 Å². The van der Waals surface area contributed by atoms with Crippen LogP contribution in [0.25, 0.3) is 6.08 Å². The summed E-state index contributed by atoms with van der Waals surface area (Å²) in [7, 11) is 0. The van der Waals surface area contributed by atoms with Crippen LogP contribution in [0.2, 0.25) is 0 Å². The van der Waals surface area contributed by atoms with Crippen molar-refractivity contribution in [2.45, 2.75) is 40.3 Å². The molecule has 7 nitrogen and oxygen atoms in total. The molecule has 0 radical (unpaired) electrons. The van der Waals surface area contributed by atoms with Gasteiger partial charge in [0.1, 0.15) is 21.8 Å². The summed E-state index contributed by atoms with van der Waals surface area (Å²) in [6.45, 7) is 10.8.